The van der Waals surface area contributed by atoms with E-state index in [4.69, 9.17) is 5.14 Å². The van der Waals surface area contributed by atoms with Crippen LogP contribution >= 0.6 is 0 Å². The van der Waals surface area contributed by atoms with Gasteiger partial charge >= 0.3 is 0 Å². The molecule has 8 nitrogen and oxygen atoms in total. The van der Waals surface area contributed by atoms with Gasteiger partial charge in [0.25, 0.3) is 10.2 Å². The molecule has 0 saturated heterocycles. The minimum Gasteiger partial charge on any atom is -0.324 e. The van der Waals surface area contributed by atoms with E-state index in [-0.39, 0.29) is 18.7 Å². The zero-order chi connectivity index (χ0) is 17.6. The van der Waals surface area contributed by atoms with Crippen LogP contribution in [0.1, 0.15) is 25.7 Å². The average Bonchev–Trinajstić information content (AvgIpc) is 2.50. The minimum atomic E-state index is -4.02. The molecular formula is C15H18N4O4S. The first kappa shape index (κ1) is 17.8. The first-order valence-electron chi connectivity index (χ1n) is 7.32. The van der Waals surface area contributed by atoms with Crippen LogP contribution in [0.25, 0.3) is 10.9 Å². The monoisotopic (exact) mass is 350 g/mol. The zero-order valence-corrected chi connectivity index (χ0v) is 13.7. The van der Waals surface area contributed by atoms with Crippen molar-refractivity contribution in [3.8, 4) is 0 Å². The van der Waals surface area contributed by atoms with Crippen molar-refractivity contribution in [3.05, 3.63) is 36.5 Å². The number of benzene rings is 1. The fourth-order valence-electron chi connectivity index (χ4n) is 2.20. The Kier molecular flexibility index (Phi) is 5.83. The molecule has 1 aromatic carbocycles. The maximum absolute atomic E-state index is 12.0. The number of carbonyl (C=O) groups is 2. The maximum Gasteiger partial charge on any atom is 0.298 e. The van der Waals surface area contributed by atoms with Gasteiger partial charge in [0.15, 0.2) is 0 Å². The van der Waals surface area contributed by atoms with E-state index in [0.29, 0.717) is 24.0 Å². The first-order chi connectivity index (χ1) is 11.3. The Morgan fingerprint density at radius 1 is 1.04 bits per heavy atom. The number of hydrogen-bond donors (Lipinski definition) is 3. The van der Waals surface area contributed by atoms with E-state index in [1.807, 2.05) is 24.3 Å². The molecular weight excluding hydrogens is 332 g/mol. The fourth-order valence-corrected chi connectivity index (χ4v) is 2.62. The fraction of sp³-hybridized carbons (Fsp3) is 0.267. The number of rotatable bonds is 7. The minimum absolute atomic E-state index is 0.0144. The summed E-state index contributed by atoms with van der Waals surface area (Å²) in [5.41, 5.74) is 1.34. The molecule has 4 N–H and O–H groups in total. The number of anilines is 1. The maximum atomic E-state index is 12.0. The van der Waals surface area contributed by atoms with Crippen molar-refractivity contribution in [2.24, 2.45) is 5.14 Å². The van der Waals surface area contributed by atoms with Crippen molar-refractivity contribution >= 4 is 38.6 Å². The number of amides is 2. The molecule has 1 aromatic heterocycles. The van der Waals surface area contributed by atoms with Crippen LogP contribution in [0.15, 0.2) is 36.5 Å². The zero-order valence-electron chi connectivity index (χ0n) is 12.9. The smallest absolute Gasteiger partial charge is 0.298 e. The predicted molar refractivity (Wildman–Crippen MR) is 90.1 cm³/mol. The summed E-state index contributed by atoms with van der Waals surface area (Å²) in [5, 5.41) is 8.41. The van der Waals surface area contributed by atoms with Crippen molar-refractivity contribution in [1.82, 2.24) is 9.71 Å². The van der Waals surface area contributed by atoms with E-state index in [2.05, 4.69) is 10.3 Å². The van der Waals surface area contributed by atoms with Gasteiger partial charge in [-0.3, -0.25) is 14.6 Å². The van der Waals surface area contributed by atoms with E-state index < -0.39 is 16.1 Å². The highest BCUT2D eigenvalue weighted by Gasteiger charge is 2.10. The van der Waals surface area contributed by atoms with Crippen LogP contribution in [0.4, 0.5) is 5.69 Å². The van der Waals surface area contributed by atoms with Crippen LogP contribution in [0, 0.1) is 0 Å². The van der Waals surface area contributed by atoms with Gasteiger partial charge in [0.1, 0.15) is 0 Å². The van der Waals surface area contributed by atoms with Crippen LogP contribution in [0.3, 0.4) is 0 Å². The number of aromatic nitrogens is 1. The van der Waals surface area contributed by atoms with Gasteiger partial charge in [0, 0.05) is 24.4 Å². The molecule has 9 heteroatoms. The molecule has 128 valence electrons. The van der Waals surface area contributed by atoms with Gasteiger partial charge in [-0.05, 0) is 25.0 Å². The highest BCUT2D eigenvalue weighted by atomic mass is 32.2. The van der Waals surface area contributed by atoms with Gasteiger partial charge in [0.05, 0.1) is 11.2 Å². The lowest BCUT2D eigenvalue weighted by Crippen LogP contribution is -2.35. The van der Waals surface area contributed by atoms with Gasteiger partial charge in [-0.15, -0.1) is 0 Å². The number of unbranched alkanes of at least 4 members (excludes halogenated alkanes) is 1. The summed E-state index contributed by atoms with van der Waals surface area (Å²) < 4.78 is 23.0. The highest BCUT2D eigenvalue weighted by molar-refractivity contribution is 7.87. The standard InChI is InChI=1S/C15H18N4O4S/c16-24(22,23)19-14(21)9-2-1-8-13(20)18-12-7-3-5-11-6-4-10-17-15(11)12/h3-7,10H,1-2,8-9H2,(H,18,20)(H,19,21)(H2,16,22,23). The van der Waals surface area contributed by atoms with E-state index in [9.17, 15) is 18.0 Å². The number of carbonyl (C=O) groups excluding carboxylic acids is 2. The van der Waals surface area contributed by atoms with Gasteiger partial charge in [-0.2, -0.15) is 8.42 Å². The number of fused-ring (bicyclic) bond motifs is 1. The molecule has 0 radical (unpaired) electrons. The molecule has 2 aromatic rings. The van der Waals surface area contributed by atoms with Gasteiger partial charge in [0.2, 0.25) is 11.8 Å². The molecule has 0 aliphatic carbocycles. The Morgan fingerprint density at radius 2 is 1.71 bits per heavy atom. The summed E-state index contributed by atoms with van der Waals surface area (Å²) in [7, 11) is -4.02. The van der Waals surface area contributed by atoms with E-state index >= 15 is 0 Å². The normalized spacial score (nSPS) is 11.2. The second-order valence-corrected chi connectivity index (χ2v) is 6.50. The molecule has 24 heavy (non-hydrogen) atoms. The van der Waals surface area contributed by atoms with E-state index in [1.54, 1.807) is 17.0 Å². The predicted octanol–water partition coefficient (Wildman–Crippen LogP) is 1.05. The number of pyridine rings is 1. The van der Waals surface area contributed by atoms with Crippen molar-refractivity contribution in [3.63, 3.8) is 0 Å². The number of nitrogens with one attached hydrogen (secondary N) is 2. The molecule has 0 atom stereocenters. The van der Waals surface area contributed by atoms with E-state index in [0.717, 1.165) is 5.39 Å². The Morgan fingerprint density at radius 3 is 2.42 bits per heavy atom. The van der Waals surface area contributed by atoms with Crippen LogP contribution in [0.5, 0.6) is 0 Å². The molecule has 1 heterocycles. The molecule has 2 amide bonds. The molecule has 0 spiro atoms. The first-order valence-corrected chi connectivity index (χ1v) is 8.87. The molecule has 0 fully saturated rings. The second kappa shape index (κ2) is 7.84. The summed E-state index contributed by atoms with van der Waals surface area (Å²) in [6.45, 7) is 0. The quantitative estimate of drug-likeness (QED) is 0.642. The average molecular weight is 350 g/mol. The highest BCUT2D eigenvalue weighted by Crippen LogP contribution is 2.20. The lowest BCUT2D eigenvalue weighted by molar-refractivity contribution is -0.120. The summed E-state index contributed by atoms with van der Waals surface area (Å²) in [5.74, 6) is -0.879. The number of hydrogen-bond acceptors (Lipinski definition) is 5. The molecule has 0 unspecified atom stereocenters. The van der Waals surface area contributed by atoms with Crippen molar-refractivity contribution in [2.75, 3.05) is 5.32 Å². The van der Waals surface area contributed by atoms with Crippen LogP contribution in [-0.2, 0) is 19.8 Å². The SMILES string of the molecule is NS(=O)(=O)NC(=O)CCCCC(=O)Nc1cccc2cccnc12. The molecule has 2 rings (SSSR count). The van der Waals surface area contributed by atoms with Gasteiger partial charge in [-0.1, -0.05) is 18.2 Å². The van der Waals surface area contributed by atoms with Crippen molar-refractivity contribution in [2.45, 2.75) is 25.7 Å². The number of nitrogens with two attached hydrogens (primary N) is 1. The summed E-state index contributed by atoms with van der Waals surface area (Å²) in [6.07, 6.45) is 2.68. The van der Waals surface area contributed by atoms with E-state index in [1.165, 1.54) is 0 Å². The Labute approximate surface area is 139 Å². The van der Waals surface area contributed by atoms with Crippen molar-refractivity contribution < 1.29 is 18.0 Å². The molecule has 0 aliphatic heterocycles. The summed E-state index contributed by atoms with van der Waals surface area (Å²) in [6, 6.07) is 9.23. The van der Waals surface area contributed by atoms with Gasteiger partial charge < -0.3 is 5.32 Å². The Bertz CT molecular complexity index is 846. The molecule has 0 aliphatic rings. The number of para-hydroxylation sites is 1. The Balaban J connectivity index is 1.80. The third-order valence-corrected chi connectivity index (χ3v) is 3.73. The number of nitrogens with zero attached hydrogens (tertiary/aromatic N) is 1. The molecule has 0 saturated carbocycles. The Hall–Kier alpha value is -2.52. The summed E-state index contributed by atoms with van der Waals surface area (Å²) in [4.78, 5) is 27.5. The largest absolute Gasteiger partial charge is 0.324 e. The van der Waals surface area contributed by atoms with Crippen molar-refractivity contribution in [1.29, 1.82) is 0 Å². The third-order valence-electron chi connectivity index (χ3n) is 3.22. The van der Waals surface area contributed by atoms with Crippen LogP contribution in [0.2, 0.25) is 0 Å². The second-order valence-electron chi connectivity index (χ2n) is 5.21. The van der Waals surface area contributed by atoms with Crippen LogP contribution in [-0.4, -0.2) is 25.2 Å². The van der Waals surface area contributed by atoms with Crippen LogP contribution < -0.4 is 15.2 Å². The van der Waals surface area contributed by atoms with Gasteiger partial charge in [-0.25, -0.2) is 9.86 Å². The lowest BCUT2D eigenvalue weighted by Gasteiger charge is -2.08. The summed E-state index contributed by atoms with van der Waals surface area (Å²) >= 11 is 0. The third kappa shape index (κ3) is 5.60. The lowest BCUT2D eigenvalue weighted by atomic mass is 10.1. The topological polar surface area (TPSA) is 131 Å². The molecule has 0 bridgehead atoms.